The van der Waals surface area contributed by atoms with Gasteiger partial charge in [-0.15, -0.1) is 0 Å². The predicted octanol–water partition coefficient (Wildman–Crippen LogP) is 1.54. The van der Waals surface area contributed by atoms with Crippen LogP contribution in [0.2, 0.25) is 0 Å². The lowest BCUT2D eigenvalue weighted by molar-refractivity contribution is -0.138. The van der Waals surface area contributed by atoms with Crippen LogP contribution in [0.25, 0.3) is 0 Å². The molecule has 1 unspecified atom stereocenters. The van der Waals surface area contributed by atoms with Gasteiger partial charge in [0, 0.05) is 5.69 Å². The molecule has 0 saturated carbocycles. The number of aryl methyl sites for hydroxylation is 1. The van der Waals surface area contributed by atoms with Crippen LogP contribution in [0, 0.1) is 6.92 Å². The Kier molecular flexibility index (Phi) is 5.96. The van der Waals surface area contributed by atoms with E-state index in [0.29, 0.717) is 11.3 Å². The van der Waals surface area contributed by atoms with Crippen LogP contribution in [0.3, 0.4) is 0 Å². The van der Waals surface area contributed by atoms with E-state index >= 15 is 0 Å². The van der Waals surface area contributed by atoms with E-state index < -0.39 is 34.4 Å². The minimum atomic E-state index is -3.77. The second-order valence-corrected chi connectivity index (χ2v) is 7.32. The second kappa shape index (κ2) is 7.98. The summed E-state index contributed by atoms with van der Waals surface area (Å²) in [6.07, 6.45) is -0.509. The maximum atomic E-state index is 12.4. The van der Waals surface area contributed by atoms with Crippen molar-refractivity contribution in [3.8, 4) is 0 Å². The Bertz CT molecular complexity index is 913. The van der Waals surface area contributed by atoms with Crippen molar-refractivity contribution >= 4 is 33.3 Å². The number of carbonyl (C=O) groups is 2. The summed E-state index contributed by atoms with van der Waals surface area (Å²) in [7, 11) is -3.77. The molecule has 2 rings (SSSR count). The van der Waals surface area contributed by atoms with Crippen molar-refractivity contribution in [1.82, 2.24) is 0 Å². The predicted molar refractivity (Wildman–Crippen MR) is 97.3 cm³/mol. The Morgan fingerprint density at radius 1 is 1.15 bits per heavy atom. The number of carbonyl (C=O) groups excluding carboxylic acids is 1. The first kappa shape index (κ1) is 19.4. The summed E-state index contributed by atoms with van der Waals surface area (Å²) >= 11 is 0. The Morgan fingerprint density at radius 3 is 2.42 bits per heavy atom. The number of amides is 1. The quantitative estimate of drug-likeness (QED) is 0.577. The van der Waals surface area contributed by atoms with Crippen LogP contribution >= 0.6 is 0 Å². The molecule has 1 atom stereocenters. The van der Waals surface area contributed by atoms with Gasteiger partial charge in [-0.1, -0.05) is 24.3 Å². The number of carboxylic acids is 1. The SMILES string of the molecule is Cc1ccc(NS(=O)(=O)c2ccccc2)cc1NC(=O)C(N)CC(=O)O. The summed E-state index contributed by atoms with van der Waals surface area (Å²) in [4.78, 5) is 22.7. The van der Waals surface area contributed by atoms with Crippen molar-refractivity contribution in [3.63, 3.8) is 0 Å². The highest BCUT2D eigenvalue weighted by Gasteiger charge is 2.19. The lowest BCUT2D eigenvalue weighted by Gasteiger charge is -2.14. The summed E-state index contributed by atoms with van der Waals surface area (Å²) in [6.45, 7) is 1.72. The maximum Gasteiger partial charge on any atom is 0.305 e. The molecule has 5 N–H and O–H groups in total. The van der Waals surface area contributed by atoms with Gasteiger partial charge in [0.25, 0.3) is 10.0 Å². The normalized spacial score (nSPS) is 12.2. The highest BCUT2D eigenvalue weighted by molar-refractivity contribution is 7.92. The molecule has 26 heavy (non-hydrogen) atoms. The zero-order valence-corrected chi connectivity index (χ0v) is 14.8. The van der Waals surface area contributed by atoms with Crippen molar-refractivity contribution in [2.45, 2.75) is 24.3 Å². The van der Waals surface area contributed by atoms with E-state index in [9.17, 15) is 18.0 Å². The summed E-state index contributed by atoms with van der Waals surface area (Å²) in [6, 6.07) is 11.3. The number of nitrogens with one attached hydrogen (secondary N) is 2. The molecule has 0 heterocycles. The third-order valence-corrected chi connectivity index (χ3v) is 4.93. The largest absolute Gasteiger partial charge is 0.481 e. The van der Waals surface area contributed by atoms with Gasteiger partial charge < -0.3 is 16.2 Å². The number of nitrogens with two attached hydrogens (primary N) is 1. The molecule has 1 amide bonds. The van der Waals surface area contributed by atoms with Crippen LogP contribution in [0.5, 0.6) is 0 Å². The average Bonchev–Trinajstić information content (AvgIpc) is 2.57. The second-order valence-electron chi connectivity index (χ2n) is 5.64. The first-order chi connectivity index (χ1) is 12.2. The van der Waals surface area contributed by atoms with Crippen LogP contribution in [-0.4, -0.2) is 31.4 Å². The minimum Gasteiger partial charge on any atom is -0.481 e. The number of sulfonamides is 1. The number of carboxylic acid groups (broad SMARTS) is 1. The fourth-order valence-corrected chi connectivity index (χ4v) is 3.21. The third-order valence-electron chi connectivity index (χ3n) is 3.53. The highest BCUT2D eigenvalue weighted by atomic mass is 32.2. The molecule has 8 nitrogen and oxygen atoms in total. The van der Waals surface area contributed by atoms with E-state index in [-0.39, 0.29) is 10.6 Å². The van der Waals surface area contributed by atoms with Crippen molar-refractivity contribution in [3.05, 3.63) is 54.1 Å². The monoisotopic (exact) mass is 377 g/mol. The van der Waals surface area contributed by atoms with Crippen molar-refractivity contribution in [2.75, 3.05) is 10.0 Å². The van der Waals surface area contributed by atoms with Crippen LogP contribution in [0.15, 0.2) is 53.4 Å². The number of anilines is 2. The third kappa shape index (κ3) is 5.04. The van der Waals surface area contributed by atoms with Gasteiger partial charge in [-0.2, -0.15) is 0 Å². The van der Waals surface area contributed by atoms with Crippen molar-refractivity contribution in [2.24, 2.45) is 5.73 Å². The molecule has 0 aliphatic heterocycles. The topological polar surface area (TPSA) is 139 Å². The first-order valence-corrected chi connectivity index (χ1v) is 9.14. The molecule has 0 aromatic heterocycles. The van der Waals surface area contributed by atoms with Crippen molar-refractivity contribution < 1.29 is 23.1 Å². The molecule has 138 valence electrons. The Balaban J connectivity index is 2.19. The number of hydrogen-bond acceptors (Lipinski definition) is 5. The Morgan fingerprint density at radius 2 is 1.81 bits per heavy atom. The van der Waals surface area contributed by atoms with Crippen LogP contribution in [0.1, 0.15) is 12.0 Å². The van der Waals surface area contributed by atoms with Gasteiger partial charge in [-0.05, 0) is 36.8 Å². The van der Waals surface area contributed by atoms with Crippen molar-refractivity contribution in [1.29, 1.82) is 0 Å². The molecule has 0 fully saturated rings. The molecule has 0 radical (unpaired) electrons. The van der Waals surface area contributed by atoms with E-state index in [2.05, 4.69) is 10.0 Å². The van der Waals surface area contributed by atoms with Gasteiger partial charge in [-0.25, -0.2) is 8.42 Å². The van der Waals surface area contributed by atoms with Gasteiger partial charge in [0.2, 0.25) is 5.91 Å². The first-order valence-electron chi connectivity index (χ1n) is 7.66. The number of benzene rings is 2. The molecule has 2 aromatic rings. The van der Waals surface area contributed by atoms with Gasteiger partial charge >= 0.3 is 5.97 Å². The van der Waals surface area contributed by atoms with E-state index in [0.717, 1.165) is 0 Å². The van der Waals surface area contributed by atoms with Gasteiger partial charge in [0.05, 0.1) is 23.0 Å². The summed E-state index contributed by atoms with van der Waals surface area (Å²) in [5.74, 6) is -1.85. The molecule has 0 saturated heterocycles. The average molecular weight is 377 g/mol. The summed E-state index contributed by atoms with van der Waals surface area (Å²) < 4.78 is 27.2. The molecular formula is C17H19N3O5S. The molecule has 0 bridgehead atoms. The van der Waals surface area contributed by atoms with Gasteiger partial charge in [-0.3, -0.25) is 14.3 Å². The molecular weight excluding hydrogens is 358 g/mol. The van der Waals surface area contributed by atoms with E-state index in [1.165, 1.54) is 18.2 Å². The summed E-state index contributed by atoms with van der Waals surface area (Å²) in [5, 5.41) is 11.2. The zero-order chi connectivity index (χ0) is 19.3. The molecule has 9 heteroatoms. The number of aliphatic carboxylic acids is 1. The Labute approximate surface area is 151 Å². The lowest BCUT2D eigenvalue weighted by atomic mass is 10.1. The van der Waals surface area contributed by atoms with Crippen LogP contribution < -0.4 is 15.8 Å². The standard InChI is InChI=1S/C17H19N3O5S/c1-11-7-8-12(20-26(24,25)13-5-3-2-4-6-13)9-15(11)19-17(23)14(18)10-16(21)22/h2-9,14,20H,10,18H2,1H3,(H,19,23)(H,21,22). The van der Waals surface area contributed by atoms with E-state index in [1.54, 1.807) is 37.3 Å². The van der Waals surface area contributed by atoms with Crippen LogP contribution in [-0.2, 0) is 19.6 Å². The minimum absolute atomic E-state index is 0.106. The molecule has 0 aliphatic rings. The molecule has 2 aromatic carbocycles. The smallest absolute Gasteiger partial charge is 0.305 e. The fraction of sp³-hybridized carbons (Fsp3) is 0.176. The maximum absolute atomic E-state index is 12.4. The number of rotatable bonds is 7. The number of hydrogen-bond donors (Lipinski definition) is 4. The van der Waals surface area contributed by atoms with Crippen LogP contribution in [0.4, 0.5) is 11.4 Å². The fourth-order valence-electron chi connectivity index (χ4n) is 2.14. The van der Waals surface area contributed by atoms with E-state index in [1.807, 2.05) is 0 Å². The highest BCUT2D eigenvalue weighted by Crippen LogP contribution is 2.23. The van der Waals surface area contributed by atoms with E-state index in [4.69, 9.17) is 10.8 Å². The molecule has 0 aliphatic carbocycles. The van der Waals surface area contributed by atoms with Gasteiger partial charge in [0.1, 0.15) is 0 Å². The van der Waals surface area contributed by atoms with Gasteiger partial charge in [0.15, 0.2) is 0 Å². The molecule has 0 spiro atoms. The zero-order valence-electron chi connectivity index (χ0n) is 14.0. The Hall–Kier alpha value is -2.91. The summed E-state index contributed by atoms with van der Waals surface area (Å²) in [5.41, 5.74) is 6.79. The lowest BCUT2D eigenvalue weighted by Crippen LogP contribution is -2.37.